The Kier molecular flexibility index (Phi) is 7.15. The maximum atomic E-state index is 12.1. The number of amides is 1. The molecule has 1 saturated carbocycles. The van der Waals surface area contributed by atoms with Crippen LogP contribution in [-0.2, 0) is 11.2 Å². The molecule has 0 aromatic carbocycles. The summed E-state index contributed by atoms with van der Waals surface area (Å²) >= 11 is 1.14. The van der Waals surface area contributed by atoms with Crippen LogP contribution in [-0.4, -0.2) is 32.8 Å². The smallest absolute Gasteiger partial charge is 0.258 e. The third kappa shape index (κ3) is 5.85. The lowest BCUT2D eigenvalue weighted by Gasteiger charge is -2.22. The Labute approximate surface area is 146 Å². The van der Waals surface area contributed by atoms with Crippen molar-refractivity contribution in [1.29, 1.82) is 0 Å². The SMILES string of the molecule is CC(C)CCc1c(O)nc(SCC(=O)NC2CCCCC2)[nH]c1=O. The zero-order chi connectivity index (χ0) is 17.5. The van der Waals surface area contributed by atoms with Crippen LogP contribution in [0.15, 0.2) is 9.95 Å². The van der Waals surface area contributed by atoms with Gasteiger partial charge in [0.25, 0.3) is 5.56 Å². The number of aromatic nitrogens is 2. The molecule has 3 N–H and O–H groups in total. The van der Waals surface area contributed by atoms with E-state index in [2.05, 4.69) is 29.1 Å². The van der Waals surface area contributed by atoms with Crippen molar-refractivity contribution in [3.05, 3.63) is 15.9 Å². The molecule has 0 spiro atoms. The van der Waals surface area contributed by atoms with Crippen LogP contribution in [0.4, 0.5) is 0 Å². The fraction of sp³-hybridized carbons (Fsp3) is 0.706. The maximum absolute atomic E-state index is 12.1. The molecule has 1 heterocycles. The van der Waals surface area contributed by atoms with Gasteiger partial charge in [-0.2, -0.15) is 4.98 Å². The molecule has 0 atom stereocenters. The predicted octanol–water partition coefficient (Wildman–Crippen LogP) is 2.61. The van der Waals surface area contributed by atoms with E-state index in [-0.39, 0.29) is 34.3 Å². The molecule has 1 aliphatic carbocycles. The number of thioether (sulfide) groups is 1. The van der Waals surface area contributed by atoms with Crippen molar-refractivity contribution in [2.24, 2.45) is 5.92 Å². The molecule has 24 heavy (non-hydrogen) atoms. The van der Waals surface area contributed by atoms with E-state index in [1.807, 2.05) is 0 Å². The van der Waals surface area contributed by atoms with Crippen molar-refractivity contribution >= 4 is 17.7 Å². The molecular weight excluding hydrogens is 326 g/mol. The fourth-order valence-corrected chi connectivity index (χ4v) is 3.51. The Morgan fingerprint density at radius 1 is 1.38 bits per heavy atom. The standard InChI is InChI=1S/C17H27N3O3S/c1-11(2)8-9-13-15(22)19-17(20-16(13)23)24-10-14(21)18-12-6-4-3-5-7-12/h11-12H,3-10H2,1-2H3,(H,18,21)(H2,19,20,22,23). The van der Waals surface area contributed by atoms with Gasteiger partial charge in [0.05, 0.1) is 11.3 Å². The third-order valence-corrected chi connectivity index (χ3v) is 5.13. The lowest BCUT2D eigenvalue weighted by Crippen LogP contribution is -2.37. The Morgan fingerprint density at radius 2 is 2.08 bits per heavy atom. The van der Waals surface area contributed by atoms with Gasteiger partial charge >= 0.3 is 0 Å². The molecule has 2 rings (SSSR count). The number of nitrogens with zero attached hydrogens (tertiary/aromatic N) is 1. The van der Waals surface area contributed by atoms with Crippen LogP contribution >= 0.6 is 11.8 Å². The Bertz CT molecular complexity index is 610. The fourth-order valence-electron chi connectivity index (χ4n) is 2.84. The highest BCUT2D eigenvalue weighted by molar-refractivity contribution is 7.99. The molecule has 0 unspecified atom stereocenters. The molecule has 6 nitrogen and oxygen atoms in total. The van der Waals surface area contributed by atoms with E-state index in [9.17, 15) is 14.7 Å². The topological polar surface area (TPSA) is 95.1 Å². The summed E-state index contributed by atoms with van der Waals surface area (Å²) in [6.07, 6.45) is 6.97. The monoisotopic (exact) mass is 353 g/mol. The van der Waals surface area contributed by atoms with Gasteiger partial charge < -0.3 is 15.4 Å². The summed E-state index contributed by atoms with van der Waals surface area (Å²) in [6, 6.07) is 0.269. The molecule has 1 aliphatic rings. The number of hydrogen-bond acceptors (Lipinski definition) is 5. The Hall–Kier alpha value is -1.50. The first-order chi connectivity index (χ1) is 11.5. The van der Waals surface area contributed by atoms with E-state index in [1.165, 1.54) is 19.3 Å². The number of carbonyl (C=O) groups excluding carboxylic acids is 1. The van der Waals surface area contributed by atoms with Gasteiger partial charge in [0, 0.05) is 6.04 Å². The largest absolute Gasteiger partial charge is 0.493 e. The van der Waals surface area contributed by atoms with Crippen LogP contribution in [0, 0.1) is 5.92 Å². The van der Waals surface area contributed by atoms with Crippen molar-refractivity contribution in [3.63, 3.8) is 0 Å². The van der Waals surface area contributed by atoms with E-state index in [0.29, 0.717) is 17.9 Å². The van der Waals surface area contributed by atoms with Crippen LogP contribution < -0.4 is 10.9 Å². The van der Waals surface area contributed by atoms with Crippen molar-refractivity contribution in [2.75, 3.05) is 5.75 Å². The molecule has 0 aliphatic heterocycles. The van der Waals surface area contributed by atoms with E-state index < -0.39 is 0 Å². The molecule has 0 bridgehead atoms. The molecule has 7 heteroatoms. The average Bonchev–Trinajstić information content (AvgIpc) is 2.53. The Balaban J connectivity index is 1.88. The number of aromatic hydroxyl groups is 1. The molecule has 0 saturated heterocycles. The summed E-state index contributed by atoms with van der Waals surface area (Å²) in [4.78, 5) is 30.7. The van der Waals surface area contributed by atoms with Crippen LogP contribution in [0.25, 0.3) is 0 Å². The van der Waals surface area contributed by atoms with Crippen LogP contribution in [0.2, 0.25) is 0 Å². The predicted molar refractivity (Wildman–Crippen MR) is 95.4 cm³/mol. The van der Waals surface area contributed by atoms with E-state index >= 15 is 0 Å². The average molecular weight is 353 g/mol. The minimum absolute atomic E-state index is 0.0575. The number of H-pyrrole nitrogens is 1. The highest BCUT2D eigenvalue weighted by Gasteiger charge is 2.17. The number of carbonyl (C=O) groups is 1. The first-order valence-electron chi connectivity index (χ1n) is 8.70. The molecule has 1 aromatic heterocycles. The normalized spacial score (nSPS) is 15.6. The van der Waals surface area contributed by atoms with Crippen LogP contribution in [0.1, 0.15) is 57.9 Å². The molecular formula is C17H27N3O3S. The van der Waals surface area contributed by atoms with E-state index in [1.54, 1.807) is 0 Å². The van der Waals surface area contributed by atoms with E-state index in [4.69, 9.17) is 0 Å². The van der Waals surface area contributed by atoms with Gasteiger partial charge in [-0.1, -0.05) is 44.9 Å². The van der Waals surface area contributed by atoms with Crippen molar-refractivity contribution in [1.82, 2.24) is 15.3 Å². The zero-order valence-electron chi connectivity index (χ0n) is 14.4. The summed E-state index contributed by atoms with van der Waals surface area (Å²) in [5, 5.41) is 13.3. The van der Waals surface area contributed by atoms with Crippen LogP contribution in [0.3, 0.4) is 0 Å². The van der Waals surface area contributed by atoms with Crippen molar-refractivity contribution < 1.29 is 9.90 Å². The van der Waals surface area contributed by atoms with Gasteiger partial charge in [-0.25, -0.2) is 0 Å². The van der Waals surface area contributed by atoms with Crippen LogP contribution in [0.5, 0.6) is 5.88 Å². The molecule has 1 amide bonds. The zero-order valence-corrected chi connectivity index (χ0v) is 15.2. The highest BCUT2D eigenvalue weighted by Crippen LogP contribution is 2.20. The minimum atomic E-state index is -0.321. The van der Waals surface area contributed by atoms with Gasteiger partial charge in [-0.3, -0.25) is 9.59 Å². The number of rotatable bonds is 7. The van der Waals surface area contributed by atoms with Gasteiger partial charge in [0.15, 0.2) is 5.16 Å². The first-order valence-corrected chi connectivity index (χ1v) is 9.68. The number of aromatic amines is 1. The quantitative estimate of drug-likeness (QED) is 0.517. The second kappa shape index (κ2) is 9.11. The van der Waals surface area contributed by atoms with Gasteiger partial charge in [-0.05, 0) is 31.6 Å². The van der Waals surface area contributed by atoms with E-state index in [0.717, 1.165) is 31.0 Å². The van der Waals surface area contributed by atoms with Gasteiger partial charge in [0.2, 0.25) is 11.8 Å². The summed E-state index contributed by atoms with van der Waals surface area (Å²) in [5.41, 5.74) is -0.00181. The Morgan fingerprint density at radius 3 is 2.71 bits per heavy atom. The lowest BCUT2D eigenvalue weighted by atomic mass is 9.95. The van der Waals surface area contributed by atoms with Gasteiger partial charge in [0.1, 0.15) is 0 Å². The van der Waals surface area contributed by atoms with Crippen molar-refractivity contribution in [2.45, 2.75) is 70.0 Å². The summed E-state index contributed by atoms with van der Waals surface area (Å²) in [5.74, 6) is 0.346. The maximum Gasteiger partial charge on any atom is 0.258 e. The number of hydrogen-bond donors (Lipinski definition) is 3. The summed E-state index contributed by atoms with van der Waals surface area (Å²) in [7, 11) is 0. The first kappa shape index (κ1) is 18.8. The number of nitrogens with one attached hydrogen (secondary N) is 2. The summed E-state index contributed by atoms with van der Waals surface area (Å²) < 4.78 is 0. The molecule has 1 aromatic rings. The minimum Gasteiger partial charge on any atom is -0.493 e. The molecule has 134 valence electrons. The summed E-state index contributed by atoms with van der Waals surface area (Å²) in [6.45, 7) is 4.13. The van der Waals surface area contributed by atoms with Gasteiger partial charge in [-0.15, -0.1) is 0 Å². The highest BCUT2D eigenvalue weighted by atomic mass is 32.2. The second-order valence-electron chi connectivity index (χ2n) is 6.80. The van der Waals surface area contributed by atoms with Crippen molar-refractivity contribution in [3.8, 4) is 5.88 Å². The third-order valence-electron chi connectivity index (χ3n) is 4.25. The second-order valence-corrected chi connectivity index (χ2v) is 7.76. The molecule has 1 fully saturated rings. The lowest BCUT2D eigenvalue weighted by molar-refractivity contribution is -0.119. The molecule has 0 radical (unpaired) electrons.